The highest BCUT2D eigenvalue weighted by Crippen LogP contribution is 2.22. The van der Waals surface area contributed by atoms with E-state index in [4.69, 9.17) is 0 Å². The summed E-state index contributed by atoms with van der Waals surface area (Å²) in [6.07, 6.45) is 0. The van der Waals surface area contributed by atoms with Crippen molar-refractivity contribution in [1.29, 1.82) is 0 Å². The van der Waals surface area contributed by atoms with Crippen molar-refractivity contribution in [3.05, 3.63) is 43.8 Å². The number of hydrogen-bond donors (Lipinski definition) is 0. The monoisotopic (exact) mass is 258 g/mol. The summed E-state index contributed by atoms with van der Waals surface area (Å²) < 4.78 is 0. The van der Waals surface area contributed by atoms with Crippen molar-refractivity contribution in [3.63, 3.8) is 0 Å². The van der Waals surface area contributed by atoms with Gasteiger partial charge in [-0.05, 0) is 47.9 Å². The largest absolute Gasteiger partial charge is 0.287 e. The number of carbonyl (C=O) groups is 1. The Kier molecular flexibility index (Phi) is 4.08. The van der Waals surface area contributed by atoms with Gasteiger partial charge >= 0.3 is 0 Å². The summed E-state index contributed by atoms with van der Waals surface area (Å²) in [4.78, 5) is 13.6. The van der Waals surface area contributed by atoms with Gasteiger partial charge in [0, 0.05) is 0 Å². The van der Waals surface area contributed by atoms with Crippen molar-refractivity contribution >= 4 is 40.9 Å². The van der Waals surface area contributed by atoms with E-state index in [-0.39, 0.29) is 18.2 Å². The molecule has 0 aliphatic heterocycles. The van der Waals surface area contributed by atoms with Gasteiger partial charge in [0.05, 0.1) is 9.75 Å². The Morgan fingerprint density at radius 1 is 1.00 bits per heavy atom. The van der Waals surface area contributed by atoms with Crippen LogP contribution in [0.4, 0.5) is 0 Å². The van der Waals surface area contributed by atoms with Crippen LogP contribution in [0, 0.1) is 13.8 Å². The molecule has 0 saturated carbocycles. The molecule has 0 aromatic carbocycles. The van der Waals surface area contributed by atoms with E-state index in [9.17, 15) is 4.79 Å². The van der Waals surface area contributed by atoms with Crippen molar-refractivity contribution in [2.75, 3.05) is 0 Å². The Morgan fingerprint density at radius 3 is 1.67 bits per heavy atom. The third-order valence-electron chi connectivity index (χ3n) is 1.91. The Bertz CT molecular complexity index is 428. The lowest BCUT2D eigenvalue weighted by Gasteiger charge is -1.90. The topological polar surface area (TPSA) is 17.1 Å². The maximum atomic E-state index is 11.9. The van der Waals surface area contributed by atoms with Crippen molar-refractivity contribution < 1.29 is 4.79 Å². The minimum atomic E-state index is 0. The van der Waals surface area contributed by atoms with E-state index in [0.717, 1.165) is 20.9 Å². The first kappa shape index (κ1) is 12.4. The lowest BCUT2D eigenvalue weighted by atomic mass is 10.2. The predicted octanol–water partition coefficient (Wildman–Crippen LogP) is 4.08. The molecule has 0 saturated heterocycles. The Morgan fingerprint density at radius 2 is 1.40 bits per heavy atom. The molecule has 2 heterocycles. The zero-order valence-corrected chi connectivity index (χ0v) is 10.9. The second kappa shape index (κ2) is 4.92. The third kappa shape index (κ3) is 2.68. The van der Waals surface area contributed by atoms with Crippen LogP contribution in [0.25, 0.3) is 0 Å². The van der Waals surface area contributed by atoms with E-state index in [0.29, 0.717) is 0 Å². The fourth-order valence-corrected chi connectivity index (χ4v) is 2.99. The van der Waals surface area contributed by atoms with E-state index in [1.807, 2.05) is 36.7 Å². The maximum absolute atomic E-state index is 11.9. The van der Waals surface area contributed by atoms with Gasteiger partial charge in [-0.2, -0.15) is 0 Å². The molecule has 0 bridgehead atoms. The molecule has 80 valence electrons. The highest BCUT2D eigenvalue weighted by Gasteiger charge is 2.12. The molecular formula is C11H11ClOS2. The molecule has 0 atom stereocenters. The lowest BCUT2D eigenvalue weighted by molar-refractivity contribution is 0.104. The zero-order chi connectivity index (χ0) is 10.1. The Hall–Kier alpha value is -0.640. The highest BCUT2D eigenvalue weighted by atomic mass is 35.5. The Balaban J connectivity index is 0.00000112. The molecule has 0 spiro atoms. The molecule has 2 aromatic rings. The predicted molar refractivity (Wildman–Crippen MR) is 68.8 cm³/mol. The van der Waals surface area contributed by atoms with Gasteiger partial charge in [0.1, 0.15) is 0 Å². The molecule has 0 fully saturated rings. The standard InChI is InChI=1S/C11H10OS2.ClH/c1-7-3-9(13-5-7)11(12)10-4-8(2)6-14-10;/h3-6H,1-2H3;1H. The summed E-state index contributed by atoms with van der Waals surface area (Å²) in [5, 5.41) is 4.02. The van der Waals surface area contributed by atoms with Crippen LogP contribution in [0.3, 0.4) is 0 Å². The van der Waals surface area contributed by atoms with Crippen LogP contribution in [0.1, 0.15) is 25.7 Å². The van der Waals surface area contributed by atoms with Gasteiger partial charge in [-0.15, -0.1) is 35.1 Å². The van der Waals surface area contributed by atoms with Gasteiger partial charge in [-0.3, -0.25) is 4.79 Å². The van der Waals surface area contributed by atoms with E-state index in [1.54, 1.807) is 0 Å². The SMILES string of the molecule is Cc1csc(C(=O)c2cc(C)cs2)c1.Cl. The van der Waals surface area contributed by atoms with E-state index in [2.05, 4.69) is 0 Å². The van der Waals surface area contributed by atoms with Gasteiger partial charge in [0.2, 0.25) is 5.78 Å². The quantitative estimate of drug-likeness (QED) is 0.742. The molecule has 0 unspecified atom stereocenters. The number of hydrogen-bond acceptors (Lipinski definition) is 3. The highest BCUT2D eigenvalue weighted by molar-refractivity contribution is 7.15. The molecule has 0 aliphatic rings. The average molecular weight is 259 g/mol. The first-order chi connectivity index (χ1) is 6.66. The maximum Gasteiger partial charge on any atom is 0.212 e. The molecule has 15 heavy (non-hydrogen) atoms. The number of ketones is 1. The summed E-state index contributed by atoms with van der Waals surface area (Å²) in [6, 6.07) is 3.89. The van der Waals surface area contributed by atoms with Gasteiger partial charge in [-0.1, -0.05) is 0 Å². The molecule has 0 amide bonds. The molecule has 0 radical (unpaired) electrons. The van der Waals surface area contributed by atoms with Gasteiger partial charge < -0.3 is 0 Å². The van der Waals surface area contributed by atoms with E-state index >= 15 is 0 Å². The lowest BCUT2D eigenvalue weighted by Crippen LogP contribution is -1.94. The first-order valence-electron chi connectivity index (χ1n) is 4.32. The van der Waals surface area contributed by atoms with Crippen LogP contribution < -0.4 is 0 Å². The number of halogens is 1. The molecule has 2 rings (SSSR count). The molecular weight excluding hydrogens is 248 g/mol. The van der Waals surface area contributed by atoms with Gasteiger partial charge in [-0.25, -0.2) is 0 Å². The second-order valence-electron chi connectivity index (χ2n) is 3.31. The number of aryl methyl sites for hydroxylation is 2. The summed E-state index contributed by atoms with van der Waals surface area (Å²) >= 11 is 3.04. The van der Waals surface area contributed by atoms with Crippen LogP contribution in [0.2, 0.25) is 0 Å². The minimum Gasteiger partial charge on any atom is -0.287 e. The van der Waals surface area contributed by atoms with Crippen LogP contribution in [-0.2, 0) is 0 Å². The van der Waals surface area contributed by atoms with Crippen LogP contribution >= 0.6 is 35.1 Å². The number of carbonyl (C=O) groups excluding carboxylic acids is 1. The summed E-state index contributed by atoms with van der Waals surface area (Å²) in [5.74, 6) is 0.154. The zero-order valence-electron chi connectivity index (χ0n) is 8.44. The second-order valence-corrected chi connectivity index (χ2v) is 5.13. The van der Waals surface area contributed by atoms with Crippen molar-refractivity contribution in [1.82, 2.24) is 0 Å². The third-order valence-corrected chi connectivity index (χ3v) is 4.00. The van der Waals surface area contributed by atoms with Crippen LogP contribution in [-0.4, -0.2) is 5.78 Å². The van der Waals surface area contributed by atoms with Crippen LogP contribution in [0.5, 0.6) is 0 Å². The number of thiophene rings is 2. The fraction of sp³-hybridized carbons (Fsp3) is 0.182. The van der Waals surface area contributed by atoms with E-state index in [1.165, 1.54) is 22.7 Å². The molecule has 4 heteroatoms. The molecule has 0 aliphatic carbocycles. The Labute approximate surface area is 103 Å². The van der Waals surface area contributed by atoms with Crippen LogP contribution in [0.15, 0.2) is 22.9 Å². The summed E-state index contributed by atoms with van der Waals surface area (Å²) in [5.41, 5.74) is 2.32. The van der Waals surface area contributed by atoms with Gasteiger partial charge in [0.25, 0.3) is 0 Å². The minimum absolute atomic E-state index is 0. The van der Waals surface area contributed by atoms with Crippen molar-refractivity contribution in [3.8, 4) is 0 Å². The first-order valence-corrected chi connectivity index (χ1v) is 6.08. The summed E-state index contributed by atoms with van der Waals surface area (Å²) in [6.45, 7) is 4.01. The van der Waals surface area contributed by atoms with Crippen molar-refractivity contribution in [2.45, 2.75) is 13.8 Å². The van der Waals surface area contributed by atoms with Crippen molar-refractivity contribution in [2.24, 2.45) is 0 Å². The van der Waals surface area contributed by atoms with E-state index < -0.39 is 0 Å². The fourth-order valence-electron chi connectivity index (χ4n) is 1.22. The smallest absolute Gasteiger partial charge is 0.212 e. The number of rotatable bonds is 2. The normalized spacial score (nSPS) is 9.73. The van der Waals surface area contributed by atoms with Gasteiger partial charge in [0.15, 0.2) is 0 Å². The molecule has 0 N–H and O–H groups in total. The average Bonchev–Trinajstić information content (AvgIpc) is 2.73. The molecule has 2 aromatic heterocycles. The molecule has 1 nitrogen and oxygen atoms in total. The summed E-state index contributed by atoms with van der Waals surface area (Å²) in [7, 11) is 0.